The van der Waals surface area contributed by atoms with Gasteiger partial charge >= 0.3 is 5.69 Å². The molecule has 0 aliphatic heterocycles. The number of fused-ring (bicyclic) bond motifs is 1. The van der Waals surface area contributed by atoms with Crippen molar-refractivity contribution in [3.05, 3.63) is 58.5 Å². The number of rotatable bonds is 5. The van der Waals surface area contributed by atoms with Gasteiger partial charge < -0.3 is 24.8 Å². The normalized spacial score (nSPS) is 11.0. The van der Waals surface area contributed by atoms with E-state index < -0.39 is 0 Å². The minimum Gasteiger partial charge on any atom is -0.497 e. The summed E-state index contributed by atoms with van der Waals surface area (Å²) < 4.78 is 10.4. The number of aromatic nitrogens is 2. The van der Waals surface area contributed by atoms with Gasteiger partial charge in [-0.25, -0.2) is 4.79 Å². The molecule has 0 saturated heterocycles. The van der Waals surface area contributed by atoms with Gasteiger partial charge in [0.05, 0.1) is 25.3 Å². The molecule has 0 aliphatic carbocycles. The molecule has 0 bridgehead atoms. The van der Waals surface area contributed by atoms with Gasteiger partial charge in [0.25, 0.3) is 0 Å². The van der Waals surface area contributed by atoms with Crippen molar-refractivity contribution in [3.63, 3.8) is 0 Å². The van der Waals surface area contributed by atoms with E-state index in [1.807, 2.05) is 0 Å². The van der Waals surface area contributed by atoms with Gasteiger partial charge in [-0.1, -0.05) is 0 Å². The molecule has 0 saturated carbocycles. The van der Waals surface area contributed by atoms with Gasteiger partial charge in [-0.15, -0.1) is 0 Å². The SMILES string of the molecule is COc1ccc(C=CC(=O)Nc2ccc3[nH]c(=O)[nH]c3c2)c(OC)c1. The standard InChI is InChI=1S/C18H17N3O4/c1-24-13-6-3-11(16(10-13)25-2)4-8-17(22)19-12-5-7-14-15(9-12)21-18(23)20-14/h3-10H,1-2H3,(H,19,22)(H2,20,21,23). The molecular formula is C18H17N3O4. The Labute approximate surface area is 143 Å². The summed E-state index contributed by atoms with van der Waals surface area (Å²) in [4.78, 5) is 28.7. The van der Waals surface area contributed by atoms with Crippen LogP contribution in [0.4, 0.5) is 5.69 Å². The number of anilines is 1. The minimum atomic E-state index is -0.296. The lowest BCUT2D eigenvalue weighted by Crippen LogP contribution is -2.07. The monoisotopic (exact) mass is 339 g/mol. The molecule has 0 radical (unpaired) electrons. The first-order valence-electron chi connectivity index (χ1n) is 7.52. The van der Waals surface area contributed by atoms with Gasteiger partial charge in [0, 0.05) is 23.4 Å². The van der Waals surface area contributed by atoms with Crippen LogP contribution in [0.15, 0.2) is 47.3 Å². The van der Waals surface area contributed by atoms with Gasteiger partial charge in [-0.2, -0.15) is 0 Å². The number of amides is 1. The average Bonchev–Trinajstić information content (AvgIpc) is 2.99. The molecule has 0 unspecified atom stereocenters. The van der Waals surface area contributed by atoms with E-state index in [4.69, 9.17) is 9.47 Å². The maximum absolute atomic E-state index is 12.1. The van der Waals surface area contributed by atoms with E-state index in [2.05, 4.69) is 15.3 Å². The van der Waals surface area contributed by atoms with Crippen LogP contribution in [0.3, 0.4) is 0 Å². The quantitative estimate of drug-likeness (QED) is 0.622. The van der Waals surface area contributed by atoms with Gasteiger partial charge in [-0.3, -0.25) is 4.79 Å². The number of aromatic amines is 2. The average molecular weight is 339 g/mol. The molecule has 0 spiro atoms. The molecule has 128 valence electrons. The Morgan fingerprint density at radius 2 is 1.84 bits per heavy atom. The number of benzene rings is 2. The molecule has 3 aromatic rings. The number of methoxy groups -OCH3 is 2. The fraction of sp³-hybridized carbons (Fsp3) is 0.111. The lowest BCUT2D eigenvalue weighted by Gasteiger charge is -2.07. The highest BCUT2D eigenvalue weighted by molar-refractivity contribution is 6.02. The van der Waals surface area contributed by atoms with Crippen LogP contribution in [0.1, 0.15) is 5.56 Å². The number of imidazole rings is 1. The number of H-pyrrole nitrogens is 2. The van der Waals surface area contributed by atoms with Crippen molar-refractivity contribution >= 4 is 28.7 Å². The van der Waals surface area contributed by atoms with Crippen molar-refractivity contribution < 1.29 is 14.3 Å². The second-order valence-electron chi connectivity index (χ2n) is 5.27. The van der Waals surface area contributed by atoms with Crippen molar-refractivity contribution in [2.75, 3.05) is 19.5 Å². The van der Waals surface area contributed by atoms with E-state index >= 15 is 0 Å². The van der Waals surface area contributed by atoms with E-state index in [1.54, 1.807) is 56.7 Å². The minimum absolute atomic E-state index is 0.287. The van der Waals surface area contributed by atoms with Crippen molar-refractivity contribution in [2.24, 2.45) is 0 Å². The molecule has 3 N–H and O–H groups in total. The second kappa shape index (κ2) is 6.96. The lowest BCUT2D eigenvalue weighted by atomic mass is 10.1. The smallest absolute Gasteiger partial charge is 0.323 e. The molecule has 0 atom stereocenters. The fourth-order valence-corrected chi connectivity index (χ4v) is 2.42. The largest absolute Gasteiger partial charge is 0.497 e. The van der Waals surface area contributed by atoms with Crippen LogP contribution < -0.4 is 20.5 Å². The molecule has 1 amide bonds. The highest BCUT2D eigenvalue weighted by Gasteiger charge is 2.05. The number of nitrogens with one attached hydrogen (secondary N) is 3. The summed E-state index contributed by atoms with van der Waals surface area (Å²) in [6.45, 7) is 0. The van der Waals surface area contributed by atoms with Gasteiger partial charge in [0.1, 0.15) is 11.5 Å². The first-order valence-corrected chi connectivity index (χ1v) is 7.52. The van der Waals surface area contributed by atoms with Crippen LogP contribution in [0, 0.1) is 0 Å². The first-order chi connectivity index (χ1) is 12.1. The van der Waals surface area contributed by atoms with Crippen LogP contribution in [0.5, 0.6) is 11.5 Å². The van der Waals surface area contributed by atoms with E-state index in [9.17, 15) is 9.59 Å². The zero-order chi connectivity index (χ0) is 17.8. The predicted molar refractivity (Wildman–Crippen MR) is 96.1 cm³/mol. The summed E-state index contributed by atoms with van der Waals surface area (Å²) >= 11 is 0. The number of carbonyl (C=O) groups is 1. The second-order valence-corrected chi connectivity index (χ2v) is 5.27. The van der Waals surface area contributed by atoms with Crippen LogP contribution >= 0.6 is 0 Å². The molecule has 3 rings (SSSR count). The predicted octanol–water partition coefficient (Wildman–Crippen LogP) is 2.53. The van der Waals surface area contributed by atoms with Crippen LogP contribution in [0.2, 0.25) is 0 Å². The number of hydrogen-bond donors (Lipinski definition) is 3. The van der Waals surface area contributed by atoms with E-state index in [-0.39, 0.29) is 11.6 Å². The summed E-state index contributed by atoms with van der Waals surface area (Å²) in [6, 6.07) is 10.5. The maximum Gasteiger partial charge on any atom is 0.323 e. The lowest BCUT2D eigenvalue weighted by molar-refractivity contribution is -0.111. The van der Waals surface area contributed by atoms with Crippen molar-refractivity contribution in [1.29, 1.82) is 0 Å². The van der Waals surface area contributed by atoms with E-state index in [0.717, 1.165) is 5.56 Å². The third kappa shape index (κ3) is 3.72. The highest BCUT2D eigenvalue weighted by atomic mass is 16.5. The zero-order valence-corrected chi connectivity index (χ0v) is 13.8. The van der Waals surface area contributed by atoms with Gasteiger partial charge in [0.15, 0.2) is 0 Å². The zero-order valence-electron chi connectivity index (χ0n) is 13.8. The summed E-state index contributed by atoms with van der Waals surface area (Å²) in [5, 5.41) is 2.75. The summed E-state index contributed by atoms with van der Waals surface area (Å²) in [6.07, 6.45) is 3.07. The van der Waals surface area contributed by atoms with Crippen molar-refractivity contribution in [2.45, 2.75) is 0 Å². The molecule has 0 fully saturated rings. The van der Waals surface area contributed by atoms with Crippen molar-refractivity contribution in [1.82, 2.24) is 9.97 Å². The van der Waals surface area contributed by atoms with E-state index in [0.29, 0.717) is 28.2 Å². The Morgan fingerprint density at radius 3 is 2.60 bits per heavy atom. The van der Waals surface area contributed by atoms with Crippen LogP contribution in [-0.2, 0) is 4.79 Å². The van der Waals surface area contributed by atoms with Crippen LogP contribution in [-0.4, -0.2) is 30.1 Å². The molecule has 1 heterocycles. The topological polar surface area (TPSA) is 96.2 Å². The number of ether oxygens (including phenoxy) is 2. The number of carbonyl (C=O) groups excluding carboxylic acids is 1. The Balaban J connectivity index is 1.74. The molecular weight excluding hydrogens is 322 g/mol. The fourth-order valence-electron chi connectivity index (χ4n) is 2.42. The Hall–Kier alpha value is -3.48. The first kappa shape index (κ1) is 16.4. The molecule has 2 aromatic carbocycles. The van der Waals surface area contributed by atoms with Gasteiger partial charge in [0.2, 0.25) is 5.91 Å². The molecule has 25 heavy (non-hydrogen) atoms. The Bertz CT molecular complexity index is 1000. The Kier molecular flexibility index (Phi) is 4.56. The van der Waals surface area contributed by atoms with Crippen LogP contribution in [0.25, 0.3) is 17.1 Å². The summed E-state index contributed by atoms with van der Waals surface area (Å²) in [5.74, 6) is 0.983. The summed E-state index contributed by atoms with van der Waals surface area (Å²) in [7, 11) is 3.13. The maximum atomic E-state index is 12.1. The number of hydrogen-bond acceptors (Lipinski definition) is 4. The van der Waals surface area contributed by atoms with Crippen molar-refractivity contribution in [3.8, 4) is 11.5 Å². The highest BCUT2D eigenvalue weighted by Crippen LogP contribution is 2.25. The summed E-state index contributed by atoms with van der Waals surface area (Å²) in [5.41, 5.74) is 2.36. The Morgan fingerprint density at radius 1 is 1.04 bits per heavy atom. The van der Waals surface area contributed by atoms with E-state index in [1.165, 1.54) is 6.08 Å². The van der Waals surface area contributed by atoms with Gasteiger partial charge in [-0.05, 0) is 36.4 Å². The molecule has 0 aliphatic rings. The molecule has 7 heteroatoms. The third-order valence-electron chi connectivity index (χ3n) is 3.64. The molecule has 1 aromatic heterocycles. The third-order valence-corrected chi connectivity index (χ3v) is 3.64. The molecule has 7 nitrogen and oxygen atoms in total.